The van der Waals surface area contributed by atoms with E-state index in [0.29, 0.717) is 0 Å². The number of hydrogen-bond donors (Lipinski definition) is 2. The normalized spacial score (nSPS) is 12.5. The van der Waals surface area contributed by atoms with Gasteiger partial charge in [-0.2, -0.15) is 5.10 Å². The number of benzene rings is 2. The van der Waals surface area contributed by atoms with Crippen LogP contribution in [0.2, 0.25) is 0 Å². The number of nitrogens with one attached hydrogen (secondary N) is 1. The number of carboxylic acids is 1. The molecule has 0 saturated heterocycles. The first-order valence-corrected chi connectivity index (χ1v) is 12.2. The van der Waals surface area contributed by atoms with Crippen molar-refractivity contribution in [3.8, 4) is 0 Å². The molecular formula is C29H27N3O2S. The summed E-state index contributed by atoms with van der Waals surface area (Å²) in [7, 11) is 0. The molecule has 35 heavy (non-hydrogen) atoms. The van der Waals surface area contributed by atoms with Gasteiger partial charge in [0.15, 0.2) is 0 Å². The second kappa shape index (κ2) is 10.5. The van der Waals surface area contributed by atoms with Gasteiger partial charge in [-0.15, -0.1) is 11.3 Å². The molecule has 0 spiro atoms. The number of fused-ring (bicyclic) bond motifs is 1. The summed E-state index contributed by atoms with van der Waals surface area (Å²) in [5.74, 6) is -0.969. The second-order valence-corrected chi connectivity index (χ2v) is 9.48. The number of aromatic nitrogens is 3. The van der Waals surface area contributed by atoms with Crippen LogP contribution in [0.25, 0.3) is 33.5 Å². The molecule has 0 aliphatic heterocycles. The minimum Gasteiger partial charge on any atom is -0.478 e. The predicted molar refractivity (Wildman–Crippen MR) is 146 cm³/mol. The molecule has 2 aromatic carbocycles. The average Bonchev–Trinajstić information content (AvgIpc) is 3.43. The van der Waals surface area contributed by atoms with Gasteiger partial charge in [-0.1, -0.05) is 49.9 Å². The molecule has 0 radical (unpaired) electrons. The number of aromatic amines is 1. The van der Waals surface area contributed by atoms with E-state index < -0.39 is 5.97 Å². The van der Waals surface area contributed by atoms with Gasteiger partial charge in [0.05, 0.1) is 27.1 Å². The zero-order valence-corrected chi connectivity index (χ0v) is 20.8. The summed E-state index contributed by atoms with van der Waals surface area (Å²) in [5, 5.41) is 17.1. The van der Waals surface area contributed by atoms with E-state index in [-0.39, 0.29) is 0 Å². The van der Waals surface area contributed by atoms with E-state index in [9.17, 15) is 4.79 Å². The lowest BCUT2D eigenvalue weighted by Gasteiger charge is -2.17. The van der Waals surface area contributed by atoms with Crippen molar-refractivity contribution in [2.75, 3.05) is 0 Å². The van der Waals surface area contributed by atoms with Gasteiger partial charge in [-0.3, -0.25) is 5.10 Å². The lowest BCUT2D eigenvalue weighted by molar-refractivity contribution is -0.131. The minimum atomic E-state index is -0.969. The van der Waals surface area contributed by atoms with Crippen LogP contribution < -0.4 is 0 Å². The predicted octanol–water partition coefficient (Wildman–Crippen LogP) is 7.32. The van der Waals surface area contributed by atoms with E-state index in [1.54, 1.807) is 23.6 Å². The molecular weight excluding hydrogens is 454 g/mol. The Balaban J connectivity index is 1.83. The van der Waals surface area contributed by atoms with Crippen LogP contribution in [0.1, 0.15) is 46.3 Å². The fraction of sp³-hybridized carbons (Fsp3) is 0.138. The number of carbonyl (C=O) groups is 1. The van der Waals surface area contributed by atoms with Gasteiger partial charge in [0.25, 0.3) is 0 Å². The third kappa shape index (κ3) is 5.55. The number of carboxylic acid groups (broad SMARTS) is 1. The van der Waals surface area contributed by atoms with Gasteiger partial charge in [0.1, 0.15) is 0 Å². The summed E-state index contributed by atoms with van der Waals surface area (Å²) < 4.78 is 1.17. The molecule has 0 aliphatic rings. The molecule has 0 aliphatic carbocycles. The van der Waals surface area contributed by atoms with E-state index in [0.717, 1.165) is 62.1 Å². The zero-order chi connectivity index (χ0) is 24.9. The summed E-state index contributed by atoms with van der Waals surface area (Å²) in [5.41, 5.74) is 9.04. The highest BCUT2D eigenvalue weighted by Gasteiger charge is 2.14. The van der Waals surface area contributed by atoms with Gasteiger partial charge in [-0.05, 0) is 83.5 Å². The first kappa shape index (κ1) is 24.1. The Kier molecular flexibility index (Phi) is 7.22. The first-order valence-electron chi connectivity index (χ1n) is 11.3. The molecule has 0 amide bonds. The third-order valence-corrected chi connectivity index (χ3v) is 6.71. The zero-order valence-electron chi connectivity index (χ0n) is 20.0. The molecule has 2 heterocycles. The van der Waals surface area contributed by atoms with Crippen molar-refractivity contribution in [1.82, 2.24) is 15.2 Å². The molecule has 6 heteroatoms. The highest BCUT2D eigenvalue weighted by Crippen LogP contribution is 2.36. The number of H-pyrrole nitrogens is 1. The van der Waals surface area contributed by atoms with Crippen molar-refractivity contribution >= 4 is 50.8 Å². The molecule has 0 bridgehead atoms. The Labute approximate surface area is 208 Å². The van der Waals surface area contributed by atoms with Crippen LogP contribution in [0.15, 0.2) is 73.0 Å². The average molecular weight is 482 g/mol. The summed E-state index contributed by atoms with van der Waals surface area (Å²) in [6.45, 7) is 10.6. The van der Waals surface area contributed by atoms with Crippen LogP contribution in [0.3, 0.4) is 0 Å². The molecule has 5 nitrogen and oxygen atoms in total. The van der Waals surface area contributed by atoms with Gasteiger partial charge in [-0.25, -0.2) is 9.78 Å². The van der Waals surface area contributed by atoms with Crippen LogP contribution in [-0.2, 0) is 4.79 Å². The lowest BCUT2D eigenvalue weighted by atomic mass is 9.88. The summed E-state index contributed by atoms with van der Waals surface area (Å²) in [4.78, 5) is 15.6. The number of aliphatic carboxylic acids is 1. The Morgan fingerprint density at radius 1 is 1.09 bits per heavy atom. The topological polar surface area (TPSA) is 78.9 Å². The van der Waals surface area contributed by atoms with E-state index in [1.165, 1.54) is 10.3 Å². The maximum atomic E-state index is 10.9. The Morgan fingerprint density at radius 2 is 1.83 bits per heavy atom. The van der Waals surface area contributed by atoms with Gasteiger partial charge < -0.3 is 5.11 Å². The van der Waals surface area contributed by atoms with Crippen LogP contribution in [0.4, 0.5) is 0 Å². The van der Waals surface area contributed by atoms with Gasteiger partial charge >= 0.3 is 5.97 Å². The number of thiazole rings is 1. The maximum absolute atomic E-state index is 10.9. The summed E-state index contributed by atoms with van der Waals surface area (Å²) in [6.07, 6.45) is 9.34. The second-order valence-electron chi connectivity index (χ2n) is 8.24. The Bertz CT molecular complexity index is 1480. The number of allylic oxidation sites excluding steroid dienone is 4. The molecule has 0 unspecified atom stereocenters. The van der Waals surface area contributed by atoms with Crippen molar-refractivity contribution in [2.24, 2.45) is 0 Å². The first-order chi connectivity index (χ1) is 16.9. The number of hydrogen-bond acceptors (Lipinski definition) is 4. The monoisotopic (exact) mass is 481 g/mol. The number of aryl methyl sites for hydroxylation is 2. The van der Waals surface area contributed by atoms with Crippen molar-refractivity contribution in [2.45, 2.75) is 27.2 Å². The highest BCUT2D eigenvalue weighted by molar-refractivity contribution is 7.18. The molecule has 0 fully saturated rings. The van der Waals surface area contributed by atoms with Gasteiger partial charge in [0, 0.05) is 6.08 Å². The molecule has 4 aromatic rings. The van der Waals surface area contributed by atoms with Crippen molar-refractivity contribution < 1.29 is 9.90 Å². The van der Waals surface area contributed by atoms with Crippen LogP contribution in [-0.4, -0.2) is 26.3 Å². The minimum absolute atomic E-state index is 0.806. The number of nitrogens with zero attached hydrogens (tertiary/aromatic N) is 2. The van der Waals surface area contributed by atoms with E-state index in [2.05, 4.69) is 46.9 Å². The maximum Gasteiger partial charge on any atom is 0.328 e. The van der Waals surface area contributed by atoms with Crippen molar-refractivity contribution in [1.29, 1.82) is 0 Å². The Morgan fingerprint density at radius 3 is 2.49 bits per heavy atom. The summed E-state index contributed by atoms with van der Waals surface area (Å²) in [6, 6.07) is 14.3. The fourth-order valence-electron chi connectivity index (χ4n) is 4.03. The molecule has 176 valence electrons. The Hall–Kier alpha value is -4.03. The van der Waals surface area contributed by atoms with Crippen LogP contribution in [0, 0.1) is 13.8 Å². The fourth-order valence-corrected chi connectivity index (χ4v) is 4.84. The van der Waals surface area contributed by atoms with E-state index >= 15 is 0 Å². The van der Waals surface area contributed by atoms with E-state index in [1.807, 2.05) is 50.3 Å². The SMILES string of the molecule is C=C(/C=C\c1[nH]ncc1C)/C(=C(\CC)c1ccc2sc(C)nc2c1)c1ccc(/C=C/C(=O)O)cc1. The molecule has 0 atom stereocenters. The largest absolute Gasteiger partial charge is 0.478 e. The van der Waals surface area contributed by atoms with Gasteiger partial charge in [0.2, 0.25) is 0 Å². The quantitative estimate of drug-likeness (QED) is 0.157. The smallest absolute Gasteiger partial charge is 0.328 e. The molecule has 0 saturated carbocycles. The highest BCUT2D eigenvalue weighted by atomic mass is 32.1. The van der Waals surface area contributed by atoms with E-state index in [4.69, 9.17) is 5.11 Å². The van der Waals surface area contributed by atoms with Crippen LogP contribution in [0.5, 0.6) is 0 Å². The molecule has 2 aromatic heterocycles. The molecule has 4 rings (SSSR count). The van der Waals surface area contributed by atoms with Crippen LogP contribution >= 0.6 is 11.3 Å². The standard InChI is InChI=1S/C29H27N3O2S/c1-5-24(23-12-14-27-26(16-23)31-20(4)35-27)29(18(2)6-13-25-19(3)17-30-32-25)22-10-7-21(8-11-22)9-15-28(33)34/h6-17H,2,5H2,1,3-4H3,(H,30,32)(H,33,34)/b13-6-,15-9+,29-24-. The third-order valence-electron chi connectivity index (χ3n) is 5.76. The summed E-state index contributed by atoms with van der Waals surface area (Å²) >= 11 is 1.69. The number of rotatable bonds is 8. The van der Waals surface area contributed by atoms with Crippen molar-refractivity contribution in [3.05, 3.63) is 106 Å². The molecule has 2 N–H and O–H groups in total. The lowest BCUT2D eigenvalue weighted by Crippen LogP contribution is -1.95. The van der Waals surface area contributed by atoms with Crippen molar-refractivity contribution in [3.63, 3.8) is 0 Å².